The summed E-state index contributed by atoms with van der Waals surface area (Å²) in [7, 11) is 0. The maximum atomic E-state index is 5.54. The molecular formula is C8H15N3. The van der Waals surface area contributed by atoms with Gasteiger partial charge in [0.05, 0.1) is 0 Å². The Kier molecular flexibility index (Phi) is 2.41. The predicted octanol–water partition coefficient (Wildman–Crippen LogP) is 1.44. The minimum atomic E-state index is 0.729. The number of aromatic nitrogens is 1. The maximum Gasteiger partial charge on any atom is 0.107 e. The number of anilines is 2. The summed E-state index contributed by atoms with van der Waals surface area (Å²) in [5.74, 6) is 1.83. The first-order valence-electron chi connectivity index (χ1n) is 3.97. The van der Waals surface area contributed by atoms with Crippen molar-refractivity contribution in [3.63, 3.8) is 0 Å². The van der Waals surface area contributed by atoms with Gasteiger partial charge in [0, 0.05) is 13.1 Å². The molecule has 62 valence electrons. The second-order valence-corrected chi connectivity index (χ2v) is 2.47. The maximum absolute atomic E-state index is 5.54. The highest BCUT2D eigenvalue weighted by molar-refractivity contribution is 5.47. The van der Waals surface area contributed by atoms with Crippen molar-refractivity contribution >= 4 is 11.6 Å². The minimum Gasteiger partial charge on any atom is -0.385 e. The molecule has 1 heterocycles. The van der Waals surface area contributed by atoms with E-state index in [9.17, 15) is 0 Å². The molecule has 0 unspecified atom stereocenters. The second-order valence-electron chi connectivity index (χ2n) is 2.47. The first-order chi connectivity index (χ1) is 5.27. The highest BCUT2D eigenvalue weighted by Crippen LogP contribution is 2.13. The summed E-state index contributed by atoms with van der Waals surface area (Å²) in [6.45, 7) is 6.27. The summed E-state index contributed by atoms with van der Waals surface area (Å²) in [5, 5.41) is 0. The van der Waals surface area contributed by atoms with Crippen LogP contribution in [0.25, 0.3) is 0 Å². The Morgan fingerprint density at radius 3 is 2.36 bits per heavy atom. The second kappa shape index (κ2) is 3.32. The van der Waals surface area contributed by atoms with Crippen LogP contribution in [0, 0.1) is 0 Å². The molecule has 1 rings (SSSR count). The van der Waals surface area contributed by atoms with Crippen molar-refractivity contribution in [3.05, 3.63) is 12.1 Å². The lowest BCUT2D eigenvalue weighted by molar-refractivity contribution is 0.852. The Morgan fingerprint density at radius 1 is 1.36 bits per heavy atom. The zero-order valence-corrected chi connectivity index (χ0v) is 7.09. The molecule has 0 amide bonds. The summed E-state index contributed by atoms with van der Waals surface area (Å²) >= 11 is 0. The largest absolute Gasteiger partial charge is 0.385 e. The van der Waals surface area contributed by atoms with Crippen molar-refractivity contribution in [2.75, 3.05) is 23.7 Å². The van der Waals surface area contributed by atoms with Crippen molar-refractivity contribution in [2.24, 2.45) is 0 Å². The van der Waals surface area contributed by atoms with Crippen LogP contribution in [0.3, 0.4) is 0 Å². The lowest BCUT2D eigenvalue weighted by Gasteiger charge is -2.18. The fourth-order valence-electron chi connectivity index (χ4n) is 1.15. The van der Waals surface area contributed by atoms with Gasteiger partial charge in [-0.1, -0.05) is 0 Å². The predicted molar refractivity (Wildman–Crippen MR) is 48.8 cm³/mol. The Bertz CT molecular complexity index is 213. The van der Waals surface area contributed by atoms with Gasteiger partial charge in [-0.05, 0) is 26.0 Å². The molecule has 11 heavy (non-hydrogen) atoms. The van der Waals surface area contributed by atoms with Gasteiger partial charge in [0.2, 0.25) is 0 Å². The minimum absolute atomic E-state index is 0.729. The zero-order valence-electron chi connectivity index (χ0n) is 7.09. The monoisotopic (exact) mass is 153 g/mol. The SMILES string of the molecule is CCN(CC)c1ccc(N)[nH]1. The van der Waals surface area contributed by atoms with Crippen LogP contribution >= 0.6 is 0 Å². The van der Waals surface area contributed by atoms with Crippen molar-refractivity contribution in [1.29, 1.82) is 0 Å². The molecule has 0 aromatic carbocycles. The summed E-state index contributed by atoms with van der Waals surface area (Å²) in [6, 6.07) is 3.88. The molecule has 0 saturated carbocycles. The third kappa shape index (κ3) is 1.67. The summed E-state index contributed by atoms with van der Waals surface area (Å²) in [6.07, 6.45) is 0. The van der Waals surface area contributed by atoms with Gasteiger partial charge in [-0.3, -0.25) is 0 Å². The number of nitrogens with two attached hydrogens (primary N) is 1. The van der Waals surface area contributed by atoms with Crippen LogP contribution in [0.1, 0.15) is 13.8 Å². The Hall–Kier alpha value is -1.12. The number of aromatic amines is 1. The number of H-pyrrole nitrogens is 1. The fraction of sp³-hybridized carbons (Fsp3) is 0.500. The van der Waals surface area contributed by atoms with E-state index in [1.54, 1.807) is 0 Å². The molecule has 1 aromatic heterocycles. The molecule has 0 spiro atoms. The van der Waals surface area contributed by atoms with Gasteiger partial charge in [-0.25, -0.2) is 0 Å². The molecule has 0 saturated heterocycles. The van der Waals surface area contributed by atoms with Gasteiger partial charge < -0.3 is 15.6 Å². The molecule has 0 atom stereocenters. The fourth-order valence-corrected chi connectivity index (χ4v) is 1.15. The third-order valence-corrected chi connectivity index (χ3v) is 1.80. The van der Waals surface area contributed by atoms with Crippen LogP contribution in [0.2, 0.25) is 0 Å². The zero-order chi connectivity index (χ0) is 8.27. The van der Waals surface area contributed by atoms with E-state index in [4.69, 9.17) is 5.73 Å². The molecule has 3 N–H and O–H groups in total. The number of nitrogens with one attached hydrogen (secondary N) is 1. The van der Waals surface area contributed by atoms with Gasteiger partial charge in [0.1, 0.15) is 11.6 Å². The molecule has 3 heteroatoms. The average Bonchev–Trinajstić information content (AvgIpc) is 2.39. The quantitative estimate of drug-likeness (QED) is 0.690. The molecular weight excluding hydrogens is 138 g/mol. The van der Waals surface area contributed by atoms with Gasteiger partial charge in [-0.2, -0.15) is 0 Å². The van der Waals surface area contributed by atoms with E-state index in [-0.39, 0.29) is 0 Å². The first-order valence-corrected chi connectivity index (χ1v) is 3.97. The molecule has 3 nitrogen and oxygen atoms in total. The van der Waals surface area contributed by atoms with Crippen LogP contribution in [0.4, 0.5) is 11.6 Å². The standard InChI is InChI=1S/C8H15N3/c1-3-11(4-2)8-6-5-7(9)10-8/h5-6,10H,3-4,9H2,1-2H3. The van der Waals surface area contributed by atoms with E-state index in [0.29, 0.717) is 0 Å². The summed E-state index contributed by atoms with van der Waals surface area (Å²) in [5.41, 5.74) is 5.54. The van der Waals surface area contributed by atoms with Crippen LogP contribution < -0.4 is 10.6 Å². The average molecular weight is 153 g/mol. The number of hydrogen-bond donors (Lipinski definition) is 2. The van der Waals surface area contributed by atoms with Gasteiger partial charge in [0.25, 0.3) is 0 Å². The van der Waals surface area contributed by atoms with Crippen LogP contribution in [0.15, 0.2) is 12.1 Å². The highest BCUT2D eigenvalue weighted by Gasteiger charge is 2.01. The van der Waals surface area contributed by atoms with Gasteiger partial charge in [-0.15, -0.1) is 0 Å². The van der Waals surface area contributed by atoms with Gasteiger partial charge >= 0.3 is 0 Å². The van der Waals surface area contributed by atoms with Crippen molar-refractivity contribution in [2.45, 2.75) is 13.8 Å². The molecule has 1 aromatic rings. The van der Waals surface area contributed by atoms with E-state index < -0.39 is 0 Å². The Labute approximate surface area is 67.2 Å². The lowest BCUT2D eigenvalue weighted by atomic mass is 10.5. The topological polar surface area (TPSA) is 45.0 Å². The lowest BCUT2D eigenvalue weighted by Crippen LogP contribution is -2.21. The third-order valence-electron chi connectivity index (χ3n) is 1.80. The molecule has 0 aliphatic heterocycles. The summed E-state index contributed by atoms with van der Waals surface area (Å²) < 4.78 is 0. The van der Waals surface area contributed by atoms with E-state index in [1.165, 1.54) is 0 Å². The molecule has 0 aliphatic carbocycles. The summed E-state index contributed by atoms with van der Waals surface area (Å²) in [4.78, 5) is 5.30. The molecule has 0 fully saturated rings. The number of nitrogens with zero attached hydrogens (tertiary/aromatic N) is 1. The van der Waals surface area contributed by atoms with Crippen LogP contribution in [-0.2, 0) is 0 Å². The molecule has 0 radical (unpaired) electrons. The van der Waals surface area contributed by atoms with E-state index in [0.717, 1.165) is 24.7 Å². The normalized spacial score (nSPS) is 10.0. The highest BCUT2D eigenvalue weighted by atomic mass is 15.2. The van der Waals surface area contributed by atoms with E-state index in [1.807, 2.05) is 12.1 Å². The van der Waals surface area contributed by atoms with Crippen molar-refractivity contribution < 1.29 is 0 Å². The number of rotatable bonds is 3. The molecule has 0 aliphatic rings. The van der Waals surface area contributed by atoms with Crippen molar-refractivity contribution in [1.82, 2.24) is 4.98 Å². The van der Waals surface area contributed by atoms with E-state index >= 15 is 0 Å². The number of nitrogen functional groups attached to an aromatic ring is 1. The van der Waals surface area contributed by atoms with E-state index in [2.05, 4.69) is 23.7 Å². The Balaban J connectivity index is 2.73. The Morgan fingerprint density at radius 2 is 2.00 bits per heavy atom. The van der Waals surface area contributed by atoms with Crippen LogP contribution in [-0.4, -0.2) is 18.1 Å². The van der Waals surface area contributed by atoms with Crippen molar-refractivity contribution in [3.8, 4) is 0 Å². The number of hydrogen-bond acceptors (Lipinski definition) is 2. The molecule has 0 bridgehead atoms. The first kappa shape index (κ1) is 7.98. The smallest absolute Gasteiger partial charge is 0.107 e. The van der Waals surface area contributed by atoms with Gasteiger partial charge in [0.15, 0.2) is 0 Å². The van der Waals surface area contributed by atoms with Crippen LogP contribution in [0.5, 0.6) is 0 Å².